The quantitative estimate of drug-likeness (QED) is 0.746. The summed E-state index contributed by atoms with van der Waals surface area (Å²) in [4.78, 5) is 27.4. The normalized spacial score (nSPS) is 20.3. The summed E-state index contributed by atoms with van der Waals surface area (Å²) in [6, 6.07) is 15.1. The number of nitrogens with one attached hydrogen (secondary N) is 1. The monoisotopic (exact) mass is 437 g/mol. The van der Waals surface area contributed by atoms with Crippen molar-refractivity contribution in [1.29, 1.82) is 5.26 Å². The minimum Gasteiger partial charge on any atom is -0.491 e. The lowest BCUT2D eigenvalue weighted by atomic mass is 10.1. The number of hydrogen-bond donors (Lipinski definition) is 1. The van der Waals surface area contributed by atoms with Crippen LogP contribution in [0.25, 0.3) is 0 Å². The lowest BCUT2D eigenvalue weighted by molar-refractivity contribution is -0.119. The number of benzene rings is 2. The second-order valence-electron chi connectivity index (χ2n) is 7.44. The molecule has 7 nitrogen and oxygen atoms in total. The van der Waals surface area contributed by atoms with Gasteiger partial charge >= 0.3 is 0 Å². The second kappa shape index (κ2) is 9.86. The van der Waals surface area contributed by atoms with Crippen molar-refractivity contribution in [3.05, 3.63) is 59.7 Å². The first-order chi connectivity index (χ1) is 15.1. The van der Waals surface area contributed by atoms with Gasteiger partial charge in [0, 0.05) is 23.6 Å². The summed E-state index contributed by atoms with van der Waals surface area (Å²) in [6.07, 6.45) is 2.21. The van der Waals surface area contributed by atoms with Gasteiger partial charge < -0.3 is 19.7 Å². The number of ether oxygens (including phenoxy) is 2. The van der Waals surface area contributed by atoms with Gasteiger partial charge in [-0.05, 0) is 61.4 Å². The van der Waals surface area contributed by atoms with E-state index < -0.39 is 6.04 Å². The van der Waals surface area contributed by atoms with Crippen molar-refractivity contribution >= 4 is 29.3 Å². The fourth-order valence-electron chi connectivity index (χ4n) is 3.54. The number of anilines is 1. The van der Waals surface area contributed by atoms with Gasteiger partial charge in [-0.25, -0.2) is 0 Å². The van der Waals surface area contributed by atoms with Gasteiger partial charge in [0.2, 0.25) is 5.91 Å². The van der Waals surface area contributed by atoms with E-state index in [1.54, 1.807) is 65.2 Å². The predicted octanol–water partition coefficient (Wildman–Crippen LogP) is 3.27. The molecule has 0 saturated carbocycles. The molecule has 2 aliphatic heterocycles. The second-order valence-corrected chi connectivity index (χ2v) is 8.44. The third kappa shape index (κ3) is 5.19. The molecule has 2 aromatic rings. The highest BCUT2D eigenvalue weighted by Crippen LogP contribution is 2.25. The molecule has 0 aliphatic carbocycles. The van der Waals surface area contributed by atoms with Gasteiger partial charge in [-0.1, -0.05) is 0 Å². The van der Waals surface area contributed by atoms with E-state index in [0.717, 1.165) is 19.4 Å². The molecule has 2 amide bonds. The molecule has 160 valence electrons. The summed E-state index contributed by atoms with van der Waals surface area (Å²) in [6.45, 7) is 1.29. The van der Waals surface area contributed by atoms with Crippen LogP contribution in [-0.4, -0.2) is 53.7 Å². The van der Waals surface area contributed by atoms with Gasteiger partial charge in [0.05, 0.1) is 23.6 Å². The first-order valence-electron chi connectivity index (χ1n) is 10.2. The minimum absolute atomic E-state index is 0.137. The number of thioether (sulfide) groups is 1. The topological polar surface area (TPSA) is 91.7 Å². The molecular formula is C23H23N3O4S. The summed E-state index contributed by atoms with van der Waals surface area (Å²) in [5, 5.41) is 11.7. The van der Waals surface area contributed by atoms with Crippen molar-refractivity contribution in [1.82, 2.24) is 4.90 Å². The lowest BCUT2D eigenvalue weighted by Crippen LogP contribution is -2.44. The Bertz CT molecular complexity index is 966. The van der Waals surface area contributed by atoms with Gasteiger partial charge in [0.25, 0.3) is 5.91 Å². The molecule has 2 atom stereocenters. The number of nitriles is 1. The van der Waals surface area contributed by atoms with Gasteiger partial charge in [0.15, 0.2) is 0 Å². The van der Waals surface area contributed by atoms with Crippen molar-refractivity contribution in [2.75, 3.05) is 30.2 Å². The molecule has 2 aliphatic rings. The van der Waals surface area contributed by atoms with Crippen LogP contribution >= 0.6 is 11.8 Å². The third-order valence-electron chi connectivity index (χ3n) is 5.29. The van der Waals surface area contributed by atoms with Crippen LogP contribution in [-0.2, 0) is 9.53 Å². The van der Waals surface area contributed by atoms with Crippen molar-refractivity contribution in [3.63, 3.8) is 0 Å². The van der Waals surface area contributed by atoms with Crippen molar-refractivity contribution in [2.24, 2.45) is 0 Å². The SMILES string of the molecule is N#Cc1ccc(NC(=O)C2CSCN2C(=O)c2ccc(OCC3CCCO3)cc2)cc1. The molecule has 2 unspecified atom stereocenters. The van der Waals surface area contributed by atoms with Crippen LogP contribution in [0, 0.1) is 11.3 Å². The maximum absolute atomic E-state index is 13.0. The molecule has 0 spiro atoms. The largest absolute Gasteiger partial charge is 0.491 e. The van der Waals surface area contributed by atoms with Crippen LogP contribution in [0.4, 0.5) is 5.69 Å². The summed E-state index contributed by atoms with van der Waals surface area (Å²) < 4.78 is 11.3. The molecule has 2 saturated heterocycles. The van der Waals surface area contributed by atoms with Crippen LogP contribution in [0.2, 0.25) is 0 Å². The van der Waals surface area contributed by atoms with E-state index >= 15 is 0 Å². The lowest BCUT2D eigenvalue weighted by Gasteiger charge is -2.23. The molecule has 2 fully saturated rings. The first kappa shape index (κ1) is 21.2. The molecule has 0 aromatic heterocycles. The van der Waals surface area contributed by atoms with Crippen molar-refractivity contribution < 1.29 is 19.1 Å². The van der Waals surface area contributed by atoms with Gasteiger partial charge in [-0.15, -0.1) is 11.8 Å². The third-order valence-corrected chi connectivity index (χ3v) is 6.30. The Morgan fingerprint density at radius 2 is 1.97 bits per heavy atom. The molecule has 1 N–H and O–H groups in total. The Hall–Kier alpha value is -3.02. The van der Waals surface area contributed by atoms with Gasteiger partial charge in [-0.3, -0.25) is 9.59 Å². The van der Waals surface area contributed by atoms with E-state index in [1.165, 1.54) is 0 Å². The smallest absolute Gasteiger partial charge is 0.255 e. The van der Waals surface area contributed by atoms with E-state index in [1.807, 2.05) is 6.07 Å². The van der Waals surface area contributed by atoms with Crippen LogP contribution in [0.15, 0.2) is 48.5 Å². The summed E-state index contributed by atoms with van der Waals surface area (Å²) in [7, 11) is 0. The Morgan fingerprint density at radius 1 is 1.19 bits per heavy atom. The molecule has 0 radical (unpaired) electrons. The fourth-order valence-corrected chi connectivity index (χ4v) is 4.69. The Morgan fingerprint density at radius 3 is 2.65 bits per heavy atom. The number of hydrogen-bond acceptors (Lipinski definition) is 6. The highest BCUT2D eigenvalue weighted by molar-refractivity contribution is 7.99. The number of amides is 2. The maximum Gasteiger partial charge on any atom is 0.255 e. The standard InChI is InChI=1S/C23H23N3O4S/c24-12-16-3-7-18(8-4-16)25-22(27)21-14-31-15-26(21)23(28)17-5-9-19(10-6-17)30-13-20-2-1-11-29-20/h3-10,20-21H,1-2,11,13-15H2,(H,25,27). The Kier molecular flexibility index (Phi) is 6.75. The number of rotatable bonds is 6. The number of nitrogens with zero attached hydrogens (tertiary/aromatic N) is 2. The average molecular weight is 438 g/mol. The highest BCUT2D eigenvalue weighted by Gasteiger charge is 2.35. The first-order valence-corrected chi connectivity index (χ1v) is 11.3. The summed E-state index contributed by atoms with van der Waals surface area (Å²) in [5.41, 5.74) is 1.64. The number of carbonyl (C=O) groups is 2. The highest BCUT2D eigenvalue weighted by atomic mass is 32.2. The van der Waals surface area contributed by atoms with Crippen LogP contribution in [0.1, 0.15) is 28.8 Å². The zero-order valence-corrected chi connectivity index (χ0v) is 17.8. The molecule has 2 heterocycles. The van der Waals surface area contributed by atoms with Crippen LogP contribution in [0.3, 0.4) is 0 Å². The van der Waals surface area contributed by atoms with Crippen LogP contribution in [0.5, 0.6) is 5.75 Å². The van der Waals surface area contributed by atoms with Crippen molar-refractivity contribution in [3.8, 4) is 11.8 Å². The predicted molar refractivity (Wildman–Crippen MR) is 118 cm³/mol. The number of carbonyl (C=O) groups excluding carboxylic acids is 2. The van der Waals surface area contributed by atoms with Gasteiger partial charge in [0.1, 0.15) is 18.4 Å². The molecule has 8 heteroatoms. The van der Waals surface area contributed by atoms with Gasteiger partial charge in [-0.2, -0.15) is 5.26 Å². The Labute approximate surface area is 185 Å². The zero-order chi connectivity index (χ0) is 21.6. The minimum atomic E-state index is -0.552. The molecule has 2 aromatic carbocycles. The Balaban J connectivity index is 1.36. The van der Waals surface area contributed by atoms with Crippen molar-refractivity contribution in [2.45, 2.75) is 25.0 Å². The summed E-state index contributed by atoms with van der Waals surface area (Å²) >= 11 is 1.55. The van der Waals surface area contributed by atoms with E-state index in [0.29, 0.717) is 40.8 Å². The molecule has 4 rings (SSSR count). The molecular weight excluding hydrogens is 414 g/mol. The fraction of sp³-hybridized carbons (Fsp3) is 0.348. The molecule has 0 bridgehead atoms. The summed E-state index contributed by atoms with van der Waals surface area (Å²) in [5.74, 6) is 1.27. The van der Waals surface area contributed by atoms with Crippen LogP contribution < -0.4 is 10.1 Å². The van der Waals surface area contributed by atoms with E-state index in [9.17, 15) is 9.59 Å². The maximum atomic E-state index is 13.0. The zero-order valence-electron chi connectivity index (χ0n) is 17.0. The van der Waals surface area contributed by atoms with E-state index in [-0.39, 0.29) is 17.9 Å². The molecule has 31 heavy (non-hydrogen) atoms. The van der Waals surface area contributed by atoms with E-state index in [4.69, 9.17) is 14.7 Å². The van der Waals surface area contributed by atoms with E-state index in [2.05, 4.69) is 5.32 Å². The average Bonchev–Trinajstić information content (AvgIpc) is 3.50.